The van der Waals surface area contributed by atoms with Crippen LogP contribution in [-0.2, 0) is 14.3 Å². The number of ether oxygens (including phenoxy) is 1. The van der Waals surface area contributed by atoms with Crippen molar-refractivity contribution in [3.05, 3.63) is 66.1 Å². The number of benzene rings is 1. The molecule has 1 N–H and O–H groups in total. The number of nitrogens with one attached hydrogen (secondary N) is 1. The molecule has 1 aliphatic rings. The lowest BCUT2D eigenvalue weighted by Crippen LogP contribution is -2.40. The molecule has 128 valence electrons. The average Bonchev–Trinajstić information content (AvgIpc) is 3.25. The zero-order valence-electron chi connectivity index (χ0n) is 13.3. The molecule has 0 aliphatic carbocycles. The van der Waals surface area contributed by atoms with Crippen LogP contribution in [-0.4, -0.2) is 36.0 Å². The molecule has 0 spiro atoms. The minimum Gasteiger partial charge on any atom is -0.465 e. The number of rotatable bonds is 6. The van der Waals surface area contributed by atoms with Gasteiger partial charge >= 0.3 is 6.09 Å². The molecule has 1 saturated heterocycles. The fourth-order valence-corrected chi connectivity index (χ4v) is 2.42. The maximum Gasteiger partial charge on any atom is 0.417 e. The highest BCUT2D eigenvalue weighted by Gasteiger charge is 2.33. The standard InChI is InChI=1S/C18H16N2O5/c21-16(9-8-14-7-4-10-24-14)19-15(13-5-2-1-3-6-13)11-20-17(22)12-25-18(20)23/h1-10,15H,11-12H2,(H,19,21). The maximum atomic E-state index is 12.2. The first-order valence-corrected chi connectivity index (χ1v) is 7.67. The predicted molar refractivity (Wildman–Crippen MR) is 88.1 cm³/mol. The third kappa shape index (κ3) is 4.14. The fourth-order valence-electron chi connectivity index (χ4n) is 2.42. The monoisotopic (exact) mass is 340 g/mol. The lowest BCUT2D eigenvalue weighted by Gasteiger charge is -2.22. The number of carbonyl (C=O) groups excluding carboxylic acids is 3. The molecule has 0 bridgehead atoms. The summed E-state index contributed by atoms with van der Waals surface area (Å²) in [6.07, 6.45) is 3.67. The largest absolute Gasteiger partial charge is 0.465 e. The quantitative estimate of drug-likeness (QED) is 0.814. The van der Waals surface area contributed by atoms with Gasteiger partial charge in [-0.2, -0.15) is 0 Å². The van der Waals surface area contributed by atoms with E-state index in [4.69, 9.17) is 9.15 Å². The van der Waals surface area contributed by atoms with E-state index in [1.807, 2.05) is 30.3 Å². The van der Waals surface area contributed by atoms with Crippen LogP contribution < -0.4 is 5.32 Å². The van der Waals surface area contributed by atoms with Crippen LogP contribution in [0.2, 0.25) is 0 Å². The lowest BCUT2D eigenvalue weighted by atomic mass is 10.1. The fraction of sp³-hybridized carbons (Fsp3) is 0.167. The average molecular weight is 340 g/mol. The van der Waals surface area contributed by atoms with Crippen molar-refractivity contribution >= 4 is 24.0 Å². The molecule has 1 atom stereocenters. The Kier molecular flexibility index (Phi) is 4.94. The third-order valence-corrected chi connectivity index (χ3v) is 3.67. The molecular formula is C18H16N2O5. The van der Waals surface area contributed by atoms with Gasteiger partial charge in [0.2, 0.25) is 5.91 Å². The number of furan rings is 1. The number of carbonyl (C=O) groups is 3. The molecule has 0 radical (unpaired) electrons. The van der Waals surface area contributed by atoms with Crippen LogP contribution in [0.4, 0.5) is 4.79 Å². The third-order valence-electron chi connectivity index (χ3n) is 3.67. The summed E-state index contributed by atoms with van der Waals surface area (Å²) in [6, 6.07) is 12.0. The van der Waals surface area contributed by atoms with E-state index in [0.717, 1.165) is 10.5 Å². The van der Waals surface area contributed by atoms with Gasteiger partial charge in [0.15, 0.2) is 6.61 Å². The molecule has 1 aromatic heterocycles. The van der Waals surface area contributed by atoms with Gasteiger partial charge < -0.3 is 14.5 Å². The van der Waals surface area contributed by atoms with Crippen LogP contribution in [0, 0.1) is 0 Å². The molecule has 3 amide bonds. The van der Waals surface area contributed by atoms with Crippen molar-refractivity contribution in [2.45, 2.75) is 6.04 Å². The minimum absolute atomic E-state index is 0.00200. The Balaban J connectivity index is 1.73. The summed E-state index contributed by atoms with van der Waals surface area (Å²) >= 11 is 0. The van der Waals surface area contributed by atoms with Gasteiger partial charge in [-0.3, -0.25) is 9.59 Å². The molecule has 7 heteroatoms. The Labute approximate surface area is 143 Å². The summed E-state index contributed by atoms with van der Waals surface area (Å²) in [6.45, 7) is -0.269. The van der Waals surface area contributed by atoms with Crippen molar-refractivity contribution in [2.24, 2.45) is 0 Å². The number of hydrogen-bond donors (Lipinski definition) is 1. The second-order valence-electron chi connectivity index (χ2n) is 5.38. The van der Waals surface area contributed by atoms with E-state index >= 15 is 0 Å². The summed E-state index contributed by atoms with van der Waals surface area (Å²) in [4.78, 5) is 36.6. The number of nitrogens with zero attached hydrogens (tertiary/aromatic N) is 1. The highest BCUT2D eigenvalue weighted by atomic mass is 16.6. The molecule has 2 aromatic rings. The zero-order chi connectivity index (χ0) is 17.6. The van der Waals surface area contributed by atoms with Crippen LogP contribution >= 0.6 is 0 Å². The van der Waals surface area contributed by atoms with Crippen molar-refractivity contribution in [2.75, 3.05) is 13.2 Å². The van der Waals surface area contributed by atoms with Crippen LogP contribution in [0.25, 0.3) is 6.08 Å². The van der Waals surface area contributed by atoms with E-state index in [-0.39, 0.29) is 19.1 Å². The van der Waals surface area contributed by atoms with Crippen LogP contribution in [0.15, 0.2) is 59.2 Å². The normalized spacial score (nSPS) is 15.4. The SMILES string of the molecule is O=C(C=Cc1ccco1)NC(CN1C(=O)COC1=O)c1ccccc1. The summed E-state index contributed by atoms with van der Waals surface area (Å²) in [5, 5.41) is 2.79. The van der Waals surface area contributed by atoms with Crippen molar-refractivity contribution in [3.8, 4) is 0 Å². The van der Waals surface area contributed by atoms with Gasteiger partial charge in [0.1, 0.15) is 5.76 Å². The first kappa shape index (κ1) is 16.5. The predicted octanol–water partition coefficient (Wildman–Crippen LogP) is 2.13. The molecule has 1 aromatic carbocycles. The highest BCUT2D eigenvalue weighted by molar-refractivity contribution is 5.98. The molecule has 3 rings (SSSR count). The Morgan fingerprint density at radius 1 is 1.20 bits per heavy atom. The van der Waals surface area contributed by atoms with Gasteiger partial charge in [0.25, 0.3) is 5.91 Å². The smallest absolute Gasteiger partial charge is 0.417 e. The second kappa shape index (κ2) is 7.48. The van der Waals surface area contributed by atoms with E-state index in [0.29, 0.717) is 5.76 Å². The van der Waals surface area contributed by atoms with Gasteiger partial charge in [0.05, 0.1) is 18.8 Å². The number of hydrogen-bond acceptors (Lipinski definition) is 5. The summed E-state index contributed by atoms with van der Waals surface area (Å²) in [5.41, 5.74) is 0.773. The van der Waals surface area contributed by atoms with Crippen LogP contribution in [0.3, 0.4) is 0 Å². The van der Waals surface area contributed by atoms with Crippen molar-refractivity contribution in [3.63, 3.8) is 0 Å². The Hall–Kier alpha value is -3.35. The Morgan fingerprint density at radius 2 is 2.00 bits per heavy atom. The minimum atomic E-state index is -0.702. The van der Waals surface area contributed by atoms with Gasteiger partial charge in [-0.15, -0.1) is 0 Å². The lowest BCUT2D eigenvalue weighted by molar-refractivity contribution is -0.126. The number of cyclic esters (lactones) is 1. The molecular weight excluding hydrogens is 324 g/mol. The van der Waals surface area contributed by atoms with Gasteiger partial charge in [-0.25, -0.2) is 9.69 Å². The van der Waals surface area contributed by atoms with Gasteiger partial charge in [0, 0.05) is 6.08 Å². The topological polar surface area (TPSA) is 88.8 Å². The molecule has 2 heterocycles. The summed E-state index contributed by atoms with van der Waals surface area (Å²) in [5.74, 6) is -0.249. The summed E-state index contributed by atoms with van der Waals surface area (Å²) < 4.78 is 9.84. The molecule has 25 heavy (non-hydrogen) atoms. The Bertz CT molecular complexity index is 767. The van der Waals surface area contributed by atoms with Gasteiger partial charge in [-0.1, -0.05) is 30.3 Å². The first-order valence-electron chi connectivity index (χ1n) is 7.67. The van der Waals surface area contributed by atoms with E-state index < -0.39 is 18.0 Å². The van der Waals surface area contributed by atoms with Crippen molar-refractivity contribution in [1.82, 2.24) is 10.2 Å². The van der Waals surface area contributed by atoms with E-state index in [1.165, 1.54) is 18.4 Å². The molecule has 1 aliphatic heterocycles. The number of imide groups is 1. The molecule has 1 fully saturated rings. The Morgan fingerprint density at radius 3 is 2.64 bits per heavy atom. The highest BCUT2D eigenvalue weighted by Crippen LogP contribution is 2.17. The molecule has 7 nitrogen and oxygen atoms in total. The van der Waals surface area contributed by atoms with Crippen molar-refractivity contribution in [1.29, 1.82) is 0 Å². The van der Waals surface area contributed by atoms with E-state index in [2.05, 4.69) is 5.32 Å². The second-order valence-corrected chi connectivity index (χ2v) is 5.38. The van der Waals surface area contributed by atoms with Gasteiger partial charge in [-0.05, 0) is 23.8 Å². The first-order chi connectivity index (χ1) is 12.1. The maximum absolute atomic E-state index is 12.2. The molecule has 0 saturated carbocycles. The van der Waals surface area contributed by atoms with Crippen LogP contribution in [0.5, 0.6) is 0 Å². The van der Waals surface area contributed by atoms with Crippen LogP contribution in [0.1, 0.15) is 17.4 Å². The van der Waals surface area contributed by atoms with Crippen molar-refractivity contribution < 1.29 is 23.5 Å². The zero-order valence-corrected chi connectivity index (χ0v) is 13.3. The summed E-state index contributed by atoms with van der Waals surface area (Å²) in [7, 11) is 0. The van der Waals surface area contributed by atoms with E-state index in [9.17, 15) is 14.4 Å². The van der Waals surface area contributed by atoms with E-state index in [1.54, 1.807) is 12.1 Å². The number of amides is 3. The molecule has 1 unspecified atom stereocenters.